The molecule has 1 heterocycles. The van der Waals surface area contributed by atoms with Gasteiger partial charge in [0.2, 0.25) is 0 Å². The summed E-state index contributed by atoms with van der Waals surface area (Å²) >= 11 is 0. The monoisotopic (exact) mass is 520 g/mol. The molecule has 212 valence electrons. The minimum absolute atomic E-state index is 0.215. The second-order valence-electron chi connectivity index (χ2n) is 9.51. The predicted molar refractivity (Wildman–Crippen MR) is 132 cm³/mol. The Morgan fingerprint density at radius 1 is 0.750 bits per heavy atom. The van der Waals surface area contributed by atoms with Crippen molar-refractivity contribution in [3.8, 4) is 0 Å². The average molecular weight is 521 g/mol. The van der Waals surface area contributed by atoms with Gasteiger partial charge in [-0.15, -0.1) is 0 Å². The molecule has 0 spiro atoms. The van der Waals surface area contributed by atoms with Gasteiger partial charge in [0.25, 0.3) is 0 Å². The van der Waals surface area contributed by atoms with E-state index in [0.29, 0.717) is 6.42 Å². The van der Waals surface area contributed by atoms with Gasteiger partial charge < -0.3 is 39.4 Å². The molecule has 0 aromatic rings. The third-order valence-electron chi connectivity index (χ3n) is 6.24. The van der Waals surface area contributed by atoms with Crippen LogP contribution in [0.5, 0.6) is 0 Å². The van der Waals surface area contributed by atoms with Gasteiger partial charge in [-0.1, -0.05) is 71.6 Å². The highest BCUT2D eigenvalue weighted by molar-refractivity contribution is 5.70. The molecule has 0 amide bonds. The van der Waals surface area contributed by atoms with Gasteiger partial charge in [-0.3, -0.25) is 9.59 Å². The number of rotatable bonds is 20. The molecule has 0 saturated carbocycles. The van der Waals surface area contributed by atoms with E-state index >= 15 is 0 Å². The van der Waals surface area contributed by atoms with Crippen LogP contribution in [0.15, 0.2) is 0 Å². The van der Waals surface area contributed by atoms with E-state index in [1.165, 1.54) is 6.42 Å². The fourth-order valence-corrected chi connectivity index (χ4v) is 3.95. The van der Waals surface area contributed by atoms with Crippen LogP contribution in [0.4, 0.5) is 0 Å². The molecule has 6 atom stereocenters. The van der Waals surface area contributed by atoms with E-state index < -0.39 is 55.4 Å². The van der Waals surface area contributed by atoms with E-state index in [1.807, 2.05) is 0 Å². The van der Waals surface area contributed by atoms with E-state index in [2.05, 4.69) is 13.8 Å². The summed E-state index contributed by atoms with van der Waals surface area (Å²) in [6, 6.07) is 0. The van der Waals surface area contributed by atoms with Gasteiger partial charge in [-0.05, 0) is 12.8 Å². The van der Waals surface area contributed by atoms with Gasteiger partial charge in [0, 0.05) is 12.8 Å². The number of hydrogen-bond donors (Lipinski definition) is 4. The highest BCUT2D eigenvalue weighted by Crippen LogP contribution is 2.22. The smallest absolute Gasteiger partial charge is 0.306 e. The lowest BCUT2D eigenvalue weighted by atomic mass is 9.99. The lowest BCUT2D eigenvalue weighted by Gasteiger charge is -2.39. The maximum atomic E-state index is 12.4. The molecule has 4 N–H and O–H groups in total. The lowest BCUT2D eigenvalue weighted by Crippen LogP contribution is -2.59. The molecule has 1 rings (SSSR count). The van der Waals surface area contributed by atoms with Crippen LogP contribution in [0.2, 0.25) is 0 Å². The van der Waals surface area contributed by atoms with Gasteiger partial charge in [0.05, 0.1) is 13.2 Å². The highest BCUT2D eigenvalue weighted by Gasteiger charge is 2.44. The molecule has 1 fully saturated rings. The zero-order chi connectivity index (χ0) is 26.8. The van der Waals surface area contributed by atoms with Crippen LogP contribution in [-0.4, -0.2) is 89.0 Å². The summed E-state index contributed by atoms with van der Waals surface area (Å²) in [5.41, 5.74) is 0. The van der Waals surface area contributed by atoms with E-state index in [1.54, 1.807) is 0 Å². The SMILES string of the molecule is CCCCCCCCC(=O)O[C@H](COC(=O)CCCCCCC)CO[C@@H]1O[C@H](CO)[C@H](O)[C@H](O)[C@H]1O. The Hall–Kier alpha value is -1.30. The van der Waals surface area contributed by atoms with Crippen molar-refractivity contribution in [3.63, 3.8) is 0 Å². The number of ether oxygens (including phenoxy) is 4. The summed E-state index contributed by atoms with van der Waals surface area (Å²) in [6.07, 6.45) is 3.53. The summed E-state index contributed by atoms with van der Waals surface area (Å²) in [5.74, 6) is -0.833. The van der Waals surface area contributed by atoms with Crippen molar-refractivity contribution in [1.82, 2.24) is 0 Å². The number of aliphatic hydroxyl groups excluding tert-OH is 4. The van der Waals surface area contributed by atoms with Crippen LogP contribution in [0.1, 0.15) is 97.3 Å². The van der Waals surface area contributed by atoms with Crippen LogP contribution < -0.4 is 0 Å². The molecule has 1 aliphatic rings. The normalized spacial score (nSPS) is 24.9. The Bertz CT molecular complexity index is 585. The molecule has 0 aliphatic carbocycles. The Balaban J connectivity index is 2.57. The molecule has 0 aromatic carbocycles. The standard InChI is InChI=1S/C26H48O10/c1-3-5-7-9-11-13-15-22(29)35-19(17-33-21(28)14-12-10-8-6-4-2)18-34-26-25(32)24(31)23(30)20(16-27)36-26/h19-20,23-27,30-32H,3-18H2,1-2H3/t19-,20-,23+,24+,25-,26-/m1/s1. The second kappa shape index (κ2) is 19.8. The first-order valence-electron chi connectivity index (χ1n) is 13.6. The number of hydrogen-bond acceptors (Lipinski definition) is 10. The molecular formula is C26H48O10. The van der Waals surface area contributed by atoms with Gasteiger partial charge >= 0.3 is 11.9 Å². The third kappa shape index (κ3) is 13.3. The van der Waals surface area contributed by atoms with E-state index in [4.69, 9.17) is 18.9 Å². The second-order valence-corrected chi connectivity index (χ2v) is 9.51. The molecule has 1 aliphatic heterocycles. The van der Waals surface area contributed by atoms with Crippen LogP contribution in [0.25, 0.3) is 0 Å². The van der Waals surface area contributed by atoms with Gasteiger partial charge in [0.1, 0.15) is 31.0 Å². The molecule has 10 heteroatoms. The zero-order valence-electron chi connectivity index (χ0n) is 22.0. The topological polar surface area (TPSA) is 152 Å². The van der Waals surface area contributed by atoms with Gasteiger partial charge in [-0.2, -0.15) is 0 Å². The van der Waals surface area contributed by atoms with Crippen LogP contribution >= 0.6 is 0 Å². The van der Waals surface area contributed by atoms with Crippen molar-refractivity contribution in [2.75, 3.05) is 19.8 Å². The van der Waals surface area contributed by atoms with Crippen molar-refractivity contribution >= 4 is 11.9 Å². The highest BCUT2D eigenvalue weighted by atomic mass is 16.7. The minimum Gasteiger partial charge on any atom is -0.462 e. The van der Waals surface area contributed by atoms with Crippen LogP contribution in [0, 0.1) is 0 Å². The van der Waals surface area contributed by atoms with Crippen LogP contribution in [-0.2, 0) is 28.5 Å². The molecular weight excluding hydrogens is 472 g/mol. The quantitative estimate of drug-likeness (QED) is 0.139. The molecule has 36 heavy (non-hydrogen) atoms. The van der Waals surface area contributed by atoms with E-state index in [-0.39, 0.29) is 26.1 Å². The first-order chi connectivity index (χ1) is 17.3. The number of carbonyl (C=O) groups is 2. The Labute approximate surface area is 215 Å². The summed E-state index contributed by atoms with van der Waals surface area (Å²) in [7, 11) is 0. The summed E-state index contributed by atoms with van der Waals surface area (Å²) in [5, 5.41) is 39.3. The van der Waals surface area contributed by atoms with Crippen molar-refractivity contribution in [2.24, 2.45) is 0 Å². The number of carbonyl (C=O) groups excluding carboxylic acids is 2. The molecule has 1 saturated heterocycles. The van der Waals surface area contributed by atoms with Crippen molar-refractivity contribution in [3.05, 3.63) is 0 Å². The molecule has 0 unspecified atom stereocenters. The Morgan fingerprint density at radius 2 is 1.31 bits per heavy atom. The van der Waals surface area contributed by atoms with Crippen molar-refractivity contribution < 1.29 is 49.0 Å². The maximum absolute atomic E-state index is 12.4. The predicted octanol–water partition coefficient (Wildman–Crippen LogP) is 2.37. The fraction of sp³-hybridized carbons (Fsp3) is 0.923. The Kier molecular flexibility index (Phi) is 18.0. The summed E-state index contributed by atoms with van der Waals surface area (Å²) in [6.45, 7) is 3.19. The van der Waals surface area contributed by atoms with Crippen molar-refractivity contribution in [2.45, 2.75) is 134 Å². The third-order valence-corrected chi connectivity index (χ3v) is 6.24. The van der Waals surface area contributed by atoms with Gasteiger partial charge in [-0.25, -0.2) is 0 Å². The number of unbranched alkanes of at least 4 members (excludes halogenated alkanes) is 9. The van der Waals surface area contributed by atoms with E-state index in [9.17, 15) is 30.0 Å². The fourth-order valence-electron chi connectivity index (χ4n) is 3.95. The molecule has 10 nitrogen and oxygen atoms in total. The van der Waals surface area contributed by atoms with Crippen LogP contribution in [0.3, 0.4) is 0 Å². The summed E-state index contributed by atoms with van der Waals surface area (Å²) < 4.78 is 21.6. The first kappa shape index (κ1) is 32.7. The lowest BCUT2D eigenvalue weighted by molar-refractivity contribution is -0.305. The first-order valence-corrected chi connectivity index (χ1v) is 13.6. The molecule has 0 aromatic heterocycles. The summed E-state index contributed by atoms with van der Waals surface area (Å²) in [4.78, 5) is 24.5. The maximum Gasteiger partial charge on any atom is 0.306 e. The van der Waals surface area contributed by atoms with Gasteiger partial charge in [0.15, 0.2) is 12.4 Å². The number of esters is 2. The molecule has 0 bridgehead atoms. The van der Waals surface area contributed by atoms with Crippen molar-refractivity contribution in [1.29, 1.82) is 0 Å². The average Bonchev–Trinajstić information content (AvgIpc) is 2.87. The minimum atomic E-state index is -1.58. The number of aliphatic hydroxyl groups is 4. The zero-order valence-corrected chi connectivity index (χ0v) is 22.0. The largest absolute Gasteiger partial charge is 0.462 e. The van der Waals surface area contributed by atoms with E-state index in [0.717, 1.165) is 57.8 Å². The Morgan fingerprint density at radius 3 is 1.89 bits per heavy atom. The molecule has 0 radical (unpaired) electrons.